The molecule has 1 aliphatic rings. The van der Waals surface area contributed by atoms with E-state index in [0.717, 1.165) is 42.7 Å². The van der Waals surface area contributed by atoms with Crippen molar-refractivity contribution < 1.29 is 27.1 Å². The molecule has 222 valence electrons. The largest absolute Gasteiger partial charge is 0.454 e. The SMILES string of the molecule is CC(C)N1CCC(c2cc3cc(C(=O)c4cnn(-c5ccc(Oc6cccc(F)c6F)cc5F)c4N)[nH]c3cc2F)CC1. The van der Waals surface area contributed by atoms with Crippen LogP contribution in [-0.2, 0) is 0 Å². The molecule has 1 aliphatic heterocycles. The number of fused-ring (bicyclic) bond motifs is 1. The van der Waals surface area contributed by atoms with Crippen molar-refractivity contribution in [2.75, 3.05) is 18.8 Å². The number of ketones is 1. The van der Waals surface area contributed by atoms with Crippen LogP contribution in [-0.4, -0.2) is 44.6 Å². The minimum absolute atomic E-state index is 0.0230. The van der Waals surface area contributed by atoms with Crippen LogP contribution in [0.25, 0.3) is 16.6 Å². The molecule has 0 saturated carbocycles. The number of hydrogen-bond acceptors (Lipinski definition) is 5. The molecule has 11 heteroatoms. The standard InChI is InChI=1S/C32H29F4N5O2/c1-17(2)40-10-8-18(9-11-40)21-12-19-13-27(39-26(19)15-24(21)34)31(42)22-16-38-41(32(22)37)28-7-6-20(14-25(28)35)43-29-5-3-4-23(33)30(29)36/h3-7,12-18,39H,8-11,37H2,1-2H3. The fourth-order valence-corrected chi connectivity index (χ4v) is 5.62. The lowest BCUT2D eigenvalue weighted by atomic mass is 9.88. The molecule has 1 saturated heterocycles. The van der Waals surface area contributed by atoms with Crippen LogP contribution in [0.2, 0.25) is 0 Å². The van der Waals surface area contributed by atoms with E-state index in [1.165, 1.54) is 36.5 Å². The molecule has 1 fully saturated rings. The number of ether oxygens (including phenoxy) is 1. The van der Waals surface area contributed by atoms with Gasteiger partial charge in [-0.15, -0.1) is 0 Å². The van der Waals surface area contributed by atoms with Gasteiger partial charge in [0, 0.05) is 23.0 Å². The van der Waals surface area contributed by atoms with E-state index >= 15 is 8.78 Å². The molecule has 3 aromatic carbocycles. The van der Waals surface area contributed by atoms with E-state index in [1.807, 2.05) is 0 Å². The van der Waals surface area contributed by atoms with Gasteiger partial charge in [0.05, 0.1) is 17.5 Å². The lowest BCUT2D eigenvalue weighted by Crippen LogP contribution is -2.37. The number of benzene rings is 3. The first-order chi connectivity index (χ1) is 20.6. The van der Waals surface area contributed by atoms with Gasteiger partial charge in [-0.2, -0.15) is 9.49 Å². The molecular weight excluding hydrogens is 562 g/mol. The molecule has 0 amide bonds. The summed E-state index contributed by atoms with van der Waals surface area (Å²) >= 11 is 0. The molecule has 3 N–H and O–H groups in total. The van der Waals surface area contributed by atoms with Gasteiger partial charge < -0.3 is 20.4 Å². The maximum atomic E-state index is 15.1. The molecule has 3 heterocycles. The number of H-pyrrole nitrogens is 1. The summed E-state index contributed by atoms with van der Waals surface area (Å²) in [6.07, 6.45) is 2.94. The molecule has 0 atom stereocenters. The summed E-state index contributed by atoms with van der Waals surface area (Å²) < 4.78 is 64.0. The number of aromatic nitrogens is 3. The number of halogens is 4. The van der Waals surface area contributed by atoms with Crippen LogP contribution in [0.4, 0.5) is 23.4 Å². The summed E-state index contributed by atoms with van der Waals surface area (Å²) in [5.41, 5.74) is 7.47. The Morgan fingerprint density at radius 1 is 1.00 bits per heavy atom. The summed E-state index contributed by atoms with van der Waals surface area (Å²) in [6, 6.07) is 12.3. The maximum Gasteiger partial charge on any atom is 0.214 e. The van der Waals surface area contributed by atoms with E-state index in [0.29, 0.717) is 22.5 Å². The van der Waals surface area contributed by atoms with E-state index in [9.17, 15) is 13.6 Å². The van der Waals surface area contributed by atoms with Crippen molar-refractivity contribution in [3.8, 4) is 17.2 Å². The van der Waals surface area contributed by atoms with E-state index in [1.54, 1.807) is 12.1 Å². The fraction of sp³-hybridized carbons (Fsp3) is 0.250. The monoisotopic (exact) mass is 591 g/mol. The van der Waals surface area contributed by atoms with Gasteiger partial charge >= 0.3 is 0 Å². The van der Waals surface area contributed by atoms with Crippen LogP contribution in [0.3, 0.4) is 0 Å². The van der Waals surface area contributed by atoms with Crippen LogP contribution in [0.1, 0.15) is 54.2 Å². The maximum absolute atomic E-state index is 15.1. The second-order valence-electron chi connectivity index (χ2n) is 11.0. The van der Waals surface area contributed by atoms with Crippen molar-refractivity contribution in [1.82, 2.24) is 19.7 Å². The fourth-order valence-electron chi connectivity index (χ4n) is 5.62. The number of nitrogens with zero attached hydrogens (tertiary/aromatic N) is 3. The van der Waals surface area contributed by atoms with Crippen molar-refractivity contribution >= 4 is 22.5 Å². The Balaban J connectivity index is 1.23. The van der Waals surface area contributed by atoms with E-state index in [-0.39, 0.29) is 40.2 Å². The highest BCUT2D eigenvalue weighted by molar-refractivity contribution is 6.12. The average molecular weight is 592 g/mol. The van der Waals surface area contributed by atoms with Crippen molar-refractivity contribution in [1.29, 1.82) is 0 Å². The number of rotatable bonds is 7. The number of aromatic amines is 1. The molecular formula is C32H29F4N5O2. The lowest BCUT2D eigenvalue weighted by Gasteiger charge is -2.34. The summed E-state index contributed by atoms with van der Waals surface area (Å²) in [6.45, 7) is 6.12. The van der Waals surface area contributed by atoms with Gasteiger partial charge in [0.2, 0.25) is 11.6 Å². The van der Waals surface area contributed by atoms with Gasteiger partial charge in [-0.3, -0.25) is 4.79 Å². The summed E-state index contributed by atoms with van der Waals surface area (Å²) in [7, 11) is 0. The molecule has 2 aromatic heterocycles. The number of piperidine rings is 1. The van der Waals surface area contributed by atoms with Gasteiger partial charge in [0.15, 0.2) is 17.4 Å². The molecule has 43 heavy (non-hydrogen) atoms. The molecule has 0 aliphatic carbocycles. The number of carbonyl (C=O) groups is 1. The highest BCUT2D eigenvalue weighted by Crippen LogP contribution is 2.34. The first-order valence-electron chi connectivity index (χ1n) is 14.0. The zero-order chi connectivity index (χ0) is 30.4. The molecule has 5 aromatic rings. The van der Waals surface area contributed by atoms with Gasteiger partial charge in [0.1, 0.15) is 23.1 Å². The minimum atomic E-state index is -1.20. The topological polar surface area (TPSA) is 89.2 Å². The molecule has 0 unspecified atom stereocenters. The smallest absolute Gasteiger partial charge is 0.214 e. The van der Waals surface area contributed by atoms with Crippen molar-refractivity contribution in [3.63, 3.8) is 0 Å². The normalized spacial score (nSPS) is 14.6. The van der Waals surface area contributed by atoms with Gasteiger partial charge in [-0.05, 0) is 93.7 Å². The third-order valence-electron chi connectivity index (χ3n) is 8.02. The first kappa shape index (κ1) is 28.5. The second-order valence-corrected chi connectivity index (χ2v) is 11.0. The first-order valence-corrected chi connectivity index (χ1v) is 14.0. The van der Waals surface area contributed by atoms with Crippen LogP contribution in [0.5, 0.6) is 11.5 Å². The lowest BCUT2D eigenvalue weighted by molar-refractivity contribution is 0.103. The quantitative estimate of drug-likeness (QED) is 0.156. The highest BCUT2D eigenvalue weighted by atomic mass is 19.2. The molecule has 6 rings (SSSR count). The molecule has 0 bridgehead atoms. The van der Waals surface area contributed by atoms with Crippen molar-refractivity contribution in [2.24, 2.45) is 0 Å². The summed E-state index contributed by atoms with van der Waals surface area (Å²) in [5, 5.41) is 4.80. The zero-order valence-corrected chi connectivity index (χ0v) is 23.5. The Hall–Kier alpha value is -4.64. The Labute approximate surface area is 244 Å². The third kappa shape index (κ3) is 5.36. The van der Waals surface area contributed by atoms with Crippen LogP contribution in [0.15, 0.2) is 60.8 Å². The Kier molecular flexibility index (Phi) is 7.43. The second kappa shape index (κ2) is 11.2. The van der Waals surface area contributed by atoms with E-state index < -0.39 is 29.0 Å². The van der Waals surface area contributed by atoms with Crippen molar-refractivity contribution in [2.45, 2.75) is 38.6 Å². The Bertz CT molecular complexity index is 1840. The predicted molar refractivity (Wildman–Crippen MR) is 155 cm³/mol. The van der Waals surface area contributed by atoms with Gasteiger partial charge in [0.25, 0.3) is 0 Å². The number of hydrogen-bond donors (Lipinski definition) is 2. The minimum Gasteiger partial charge on any atom is -0.454 e. The Morgan fingerprint density at radius 2 is 1.77 bits per heavy atom. The predicted octanol–water partition coefficient (Wildman–Crippen LogP) is 7.10. The number of anilines is 1. The van der Waals surface area contributed by atoms with Crippen LogP contribution >= 0.6 is 0 Å². The highest BCUT2D eigenvalue weighted by Gasteiger charge is 2.26. The summed E-state index contributed by atoms with van der Waals surface area (Å²) in [5.74, 6) is -4.42. The number of carbonyl (C=O) groups excluding carboxylic acids is 1. The average Bonchev–Trinajstić information content (AvgIpc) is 3.58. The summed E-state index contributed by atoms with van der Waals surface area (Å²) in [4.78, 5) is 18.8. The number of nitrogen functional groups attached to an aromatic ring is 1. The third-order valence-corrected chi connectivity index (χ3v) is 8.02. The zero-order valence-electron chi connectivity index (χ0n) is 23.5. The number of likely N-dealkylation sites (tertiary alicyclic amines) is 1. The number of nitrogens with one attached hydrogen (secondary N) is 1. The van der Waals surface area contributed by atoms with Gasteiger partial charge in [-0.1, -0.05) is 6.07 Å². The van der Waals surface area contributed by atoms with E-state index in [2.05, 4.69) is 28.8 Å². The number of nitrogens with two attached hydrogens (primary N) is 1. The molecule has 0 spiro atoms. The molecule has 0 radical (unpaired) electrons. The van der Waals surface area contributed by atoms with Crippen LogP contribution < -0.4 is 10.5 Å². The van der Waals surface area contributed by atoms with Gasteiger partial charge in [-0.25, -0.2) is 17.9 Å². The van der Waals surface area contributed by atoms with E-state index in [4.69, 9.17) is 10.5 Å². The van der Waals surface area contributed by atoms with Crippen molar-refractivity contribution in [3.05, 3.63) is 101 Å². The molecule has 7 nitrogen and oxygen atoms in total. The van der Waals surface area contributed by atoms with Crippen LogP contribution in [0, 0.1) is 23.3 Å². The Morgan fingerprint density at radius 3 is 2.49 bits per heavy atom.